The normalized spacial score (nSPS) is 8.73. The van der Waals surface area contributed by atoms with Gasteiger partial charge in [0.25, 0.3) is 0 Å². The highest BCUT2D eigenvalue weighted by Crippen LogP contribution is 2.19. The van der Waals surface area contributed by atoms with Gasteiger partial charge in [0.1, 0.15) is 0 Å². The molecule has 0 aliphatic carbocycles. The van der Waals surface area contributed by atoms with Crippen molar-refractivity contribution in [2.75, 3.05) is 0 Å². The summed E-state index contributed by atoms with van der Waals surface area (Å²) in [5.41, 5.74) is 0.566. The summed E-state index contributed by atoms with van der Waals surface area (Å²) in [6.45, 7) is 6.69. The molecule has 0 N–H and O–H groups in total. The molecule has 0 saturated carbocycles. The highest BCUT2D eigenvalue weighted by molar-refractivity contribution is 6.68. The van der Waals surface area contributed by atoms with Gasteiger partial charge in [0.15, 0.2) is 5.69 Å². The summed E-state index contributed by atoms with van der Waals surface area (Å²) in [5, 5.41) is -0.586. The fourth-order valence-electron chi connectivity index (χ4n) is 0.737. The Balaban J connectivity index is 3.26. The molecule has 0 spiro atoms. The van der Waals surface area contributed by atoms with Gasteiger partial charge in [-0.3, -0.25) is 4.79 Å². The predicted octanol–water partition coefficient (Wildman–Crippen LogP) is 2.62. The molecular formula is C8H4ClNO. The molecule has 0 unspecified atom stereocenters. The molecule has 0 heterocycles. The maximum atomic E-state index is 10.6. The number of carbonyl (C=O) groups is 1. The van der Waals surface area contributed by atoms with Crippen LogP contribution < -0.4 is 0 Å². The molecule has 0 aliphatic heterocycles. The van der Waals surface area contributed by atoms with Crippen LogP contribution in [0.2, 0.25) is 0 Å². The van der Waals surface area contributed by atoms with E-state index < -0.39 is 5.24 Å². The molecule has 0 bridgehead atoms. The molecule has 1 aromatic rings. The second kappa shape index (κ2) is 3.18. The van der Waals surface area contributed by atoms with E-state index in [1.165, 1.54) is 6.07 Å². The van der Waals surface area contributed by atoms with Crippen LogP contribution in [0.5, 0.6) is 0 Å². The van der Waals surface area contributed by atoms with Crippen LogP contribution in [0, 0.1) is 6.57 Å². The van der Waals surface area contributed by atoms with Crippen molar-refractivity contribution < 1.29 is 4.79 Å². The van der Waals surface area contributed by atoms with E-state index >= 15 is 0 Å². The van der Waals surface area contributed by atoms with Crippen LogP contribution in [0.25, 0.3) is 4.85 Å². The van der Waals surface area contributed by atoms with Gasteiger partial charge >= 0.3 is 0 Å². The summed E-state index contributed by atoms with van der Waals surface area (Å²) in [5.74, 6) is 0. The molecule has 0 atom stereocenters. The Hall–Kier alpha value is -1.33. The van der Waals surface area contributed by atoms with Crippen molar-refractivity contribution in [1.29, 1.82) is 0 Å². The van der Waals surface area contributed by atoms with E-state index in [0.717, 1.165) is 0 Å². The maximum absolute atomic E-state index is 10.6. The lowest BCUT2D eigenvalue weighted by atomic mass is 10.2. The third-order valence-electron chi connectivity index (χ3n) is 1.24. The standard InChI is InChI=1S/C8H4ClNO/c1-10-7-5-3-2-4-6(7)8(9)11/h2-5H. The maximum Gasteiger partial charge on any atom is 0.242 e. The molecule has 2 nitrogen and oxygen atoms in total. The molecular weight excluding hydrogens is 162 g/mol. The molecule has 0 saturated heterocycles. The zero-order valence-corrected chi connectivity index (χ0v) is 6.30. The monoisotopic (exact) mass is 165 g/mol. The number of carbonyl (C=O) groups excluding carboxylic acids is 1. The lowest BCUT2D eigenvalue weighted by Gasteiger charge is -1.94. The first-order valence-corrected chi connectivity index (χ1v) is 3.30. The van der Waals surface area contributed by atoms with Gasteiger partial charge in [0.2, 0.25) is 5.24 Å². The minimum absolute atomic E-state index is 0.268. The Kier molecular flexibility index (Phi) is 2.25. The quantitative estimate of drug-likeness (QED) is 0.463. The van der Waals surface area contributed by atoms with Gasteiger partial charge in [-0.1, -0.05) is 24.3 Å². The fraction of sp³-hybridized carbons (Fsp3) is 0. The molecule has 11 heavy (non-hydrogen) atoms. The van der Waals surface area contributed by atoms with E-state index in [4.69, 9.17) is 18.2 Å². The smallest absolute Gasteiger partial charge is 0.242 e. The molecule has 0 aromatic heterocycles. The third-order valence-corrected chi connectivity index (χ3v) is 1.44. The number of para-hydroxylation sites is 1. The fourth-order valence-corrected chi connectivity index (χ4v) is 0.897. The van der Waals surface area contributed by atoms with Crippen LogP contribution in [0.15, 0.2) is 24.3 Å². The lowest BCUT2D eigenvalue weighted by Crippen LogP contribution is -1.86. The lowest BCUT2D eigenvalue weighted by molar-refractivity contribution is 0.108. The first-order valence-electron chi connectivity index (χ1n) is 2.92. The van der Waals surface area contributed by atoms with Crippen molar-refractivity contribution >= 4 is 22.5 Å². The van der Waals surface area contributed by atoms with E-state index in [-0.39, 0.29) is 5.56 Å². The number of hydrogen-bond acceptors (Lipinski definition) is 1. The first-order chi connectivity index (χ1) is 5.25. The van der Waals surface area contributed by atoms with E-state index in [1.54, 1.807) is 18.2 Å². The van der Waals surface area contributed by atoms with Crippen LogP contribution >= 0.6 is 11.6 Å². The summed E-state index contributed by atoms with van der Waals surface area (Å²) >= 11 is 5.20. The summed E-state index contributed by atoms with van der Waals surface area (Å²) in [4.78, 5) is 13.8. The Labute approximate surface area is 69.2 Å². The minimum Gasteiger partial charge on any atom is -0.277 e. The van der Waals surface area contributed by atoms with Crippen LogP contribution in [-0.2, 0) is 0 Å². The summed E-state index contributed by atoms with van der Waals surface area (Å²) < 4.78 is 0. The van der Waals surface area contributed by atoms with Crippen molar-refractivity contribution in [3.63, 3.8) is 0 Å². The minimum atomic E-state index is -0.586. The van der Waals surface area contributed by atoms with E-state index in [9.17, 15) is 4.79 Å². The Bertz CT molecular complexity index is 327. The SMILES string of the molecule is [C-]#[N+]c1ccccc1C(=O)Cl. The topological polar surface area (TPSA) is 21.4 Å². The molecule has 0 radical (unpaired) electrons. The third kappa shape index (κ3) is 1.57. The van der Waals surface area contributed by atoms with Crippen LogP contribution in [-0.4, -0.2) is 5.24 Å². The van der Waals surface area contributed by atoms with Crippen molar-refractivity contribution in [3.05, 3.63) is 41.2 Å². The van der Waals surface area contributed by atoms with Gasteiger partial charge in [-0.2, -0.15) is 0 Å². The highest BCUT2D eigenvalue weighted by atomic mass is 35.5. The van der Waals surface area contributed by atoms with Crippen molar-refractivity contribution in [2.45, 2.75) is 0 Å². The Morgan fingerprint density at radius 2 is 2.09 bits per heavy atom. The molecule has 1 rings (SSSR count). The zero-order valence-electron chi connectivity index (χ0n) is 5.54. The molecule has 0 amide bonds. The van der Waals surface area contributed by atoms with Gasteiger partial charge in [0, 0.05) is 5.56 Å². The summed E-state index contributed by atoms with van der Waals surface area (Å²) in [6.07, 6.45) is 0. The second-order valence-electron chi connectivity index (χ2n) is 1.90. The zero-order chi connectivity index (χ0) is 8.27. The Morgan fingerprint density at radius 1 is 1.45 bits per heavy atom. The largest absolute Gasteiger partial charge is 0.277 e. The van der Waals surface area contributed by atoms with E-state index in [0.29, 0.717) is 5.69 Å². The average molecular weight is 166 g/mol. The van der Waals surface area contributed by atoms with Crippen LogP contribution in [0.1, 0.15) is 10.4 Å². The Morgan fingerprint density at radius 3 is 2.55 bits per heavy atom. The molecule has 54 valence electrons. The van der Waals surface area contributed by atoms with Crippen molar-refractivity contribution in [1.82, 2.24) is 0 Å². The molecule has 0 aliphatic rings. The number of rotatable bonds is 1. The summed E-state index contributed by atoms with van der Waals surface area (Å²) in [6, 6.07) is 6.45. The number of hydrogen-bond donors (Lipinski definition) is 0. The highest BCUT2D eigenvalue weighted by Gasteiger charge is 2.05. The van der Waals surface area contributed by atoms with Gasteiger partial charge in [-0.05, 0) is 11.6 Å². The van der Waals surface area contributed by atoms with Crippen LogP contribution in [0.4, 0.5) is 5.69 Å². The molecule has 0 fully saturated rings. The first kappa shape index (κ1) is 7.77. The molecule has 1 aromatic carbocycles. The van der Waals surface area contributed by atoms with E-state index in [1.807, 2.05) is 0 Å². The number of halogens is 1. The van der Waals surface area contributed by atoms with Gasteiger partial charge in [0.05, 0.1) is 6.57 Å². The van der Waals surface area contributed by atoms with Gasteiger partial charge in [-0.15, -0.1) is 0 Å². The second-order valence-corrected chi connectivity index (χ2v) is 2.25. The van der Waals surface area contributed by atoms with Gasteiger partial charge < -0.3 is 0 Å². The number of nitrogens with zero attached hydrogens (tertiary/aromatic N) is 1. The molecule has 3 heteroatoms. The van der Waals surface area contributed by atoms with Gasteiger partial charge in [-0.25, -0.2) is 4.85 Å². The van der Waals surface area contributed by atoms with Crippen molar-refractivity contribution in [2.24, 2.45) is 0 Å². The van der Waals surface area contributed by atoms with Crippen molar-refractivity contribution in [3.8, 4) is 0 Å². The van der Waals surface area contributed by atoms with Crippen LogP contribution in [0.3, 0.4) is 0 Å². The number of benzene rings is 1. The summed E-state index contributed by atoms with van der Waals surface area (Å²) in [7, 11) is 0. The van der Waals surface area contributed by atoms with E-state index in [2.05, 4.69) is 4.85 Å². The average Bonchev–Trinajstić information content (AvgIpc) is 2.04. The predicted molar refractivity (Wildman–Crippen MR) is 42.9 cm³/mol.